The molecule has 0 bridgehead atoms. The Hall–Kier alpha value is -0.610. The molecule has 2 unspecified atom stereocenters. The van der Waals surface area contributed by atoms with Crippen LogP contribution in [0.15, 0.2) is 0 Å². The van der Waals surface area contributed by atoms with E-state index in [9.17, 15) is 0 Å². The Bertz CT molecular complexity index is 233. The molecule has 2 rings (SSSR count). The number of hydrogen-bond donors (Lipinski definition) is 2. The van der Waals surface area contributed by atoms with Crippen LogP contribution < -0.4 is 5.32 Å². The molecular weight excluding hydrogens is 204 g/mol. The van der Waals surface area contributed by atoms with Crippen LogP contribution in [0, 0.1) is 17.2 Å². The fourth-order valence-electron chi connectivity index (χ4n) is 2.45. The summed E-state index contributed by atoms with van der Waals surface area (Å²) in [4.78, 5) is 0. The minimum absolute atomic E-state index is 0.217. The molecule has 2 saturated heterocycles. The highest BCUT2D eigenvalue weighted by molar-refractivity contribution is 5.75. The standard InChI is InChI=1S/C12H22N2O2/c1-9(10-3-6-15-7-4-10)12(13)16-11-2-5-14-8-11/h9-11,13-14H,2-8H2,1H3. The zero-order valence-electron chi connectivity index (χ0n) is 10.00. The first kappa shape index (κ1) is 11.9. The molecule has 0 aromatic rings. The summed E-state index contributed by atoms with van der Waals surface area (Å²) in [6, 6.07) is 0. The van der Waals surface area contributed by atoms with E-state index in [1.165, 1.54) is 0 Å². The second-order valence-electron chi connectivity index (χ2n) is 4.84. The Kier molecular flexibility index (Phi) is 4.18. The van der Waals surface area contributed by atoms with Crippen molar-refractivity contribution in [2.45, 2.75) is 32.3 Å². The van der Waals surface area contributed by atoms with Crippen molar-refractivity contribution in [3.05, 3.63) is 0 Å². The van der Waals surface area contributed by atoms with Crippen molar-refractivity contribution in [3.8, 4) is 0 Å². The van der Waals surface area contributed by atoms with Crippen molar-refractivity contribution in [1.82, 2.24) is 5.32 Å². The van der Waals surface area contributed by atoms with Crippen LogP contribution >= 0.6 is 0 Å². The first-order valence-electron chi connectivity index (χ1n) is 6.31. The van der Waals surface area contributed by atoms with Crippen molar-refractivity contribution in [1.29, 1.82) is 5.41 Å². The normalized spacial score (nSPS) is 28.9. The van der Waals surface area contributed by atoms with E-state index in [2.05, 4.69) is 12.2 Å². The fraction of sp³-hybridized carbons (Fsp3) is 0.917. The van der Waals surface area contributed by atoms with Crippen LogP contribution in [0.4, 0.5) is 0 Å². The molecule has 0 saturated carbocycles. The lowest BCUT2D eigenvalue weighted by molar-refractivity contribution is 0.0531. The highest BCUT2D eigenvalue weighted by Gasteiger charge is 2.27. The fourth-order valence-corrected chi connectivity index (χ4v) is 2.45. The van der Waals surface area contributed by atoms with Gasteiger partial charge in [0.1, 0.15) is 6.10 Å². The van der Waals surface area contributed by atoms with E-state index < -0.39 is 0 Å². The molecule has 0 amide bonds. The molecule has 0 radical (unpaired) electrons. The maximum absolute atomic E-state index is 8.00. The second-order valence-corrected chi connectivity index (χ2v) is 4.84. The molecule has 0 spiro atoms. The lowest BCUT2D eigenvalue weighted by atomic mass is 9.87. The molecule has 0 aromatic carbocycles. The van der Waals surface area contributed by atoms with Gasteiger partial charge in [-0.05, 0) is 31.7 Å². The van der Waals surface area contributed by atoms with E-state index >= 15 is 0 Å². The predicted octanol–water partition coefficient (Wildman–Crippen LogP) is 1.40. The smallest absolute Gasteiger partial charge is 0.183 e. The number of nitrogens with one attached hydrogen (secondary N) is 2. The maximum atomic E-state index is 8.00. The van der Waals surface area contributed by atoms with E-state index in [0.29, 0.717) is 11.8 Å². The van der Waals surface area contributed by atoms with Crippen molar-refractivity contribution in [2.24, 2.45) is 11.8 Å². The maximum Gasteiger partial charge on any atom is 0.183 e. The van der Waals surface area contributed by atoms with Crippen LogP contribution in [0.2, 0.25) is 0 Å². The lowest BCUT2D eigenvalue weighted by Crippen LogP contribution is -2.31. The molecule has 2 atom stereocenters. The topological polar surface area (TPSA) is 54.3 Å². The zero-order chi connectivity index (χ0) is 11.4. The average molecular weight is 226 g/mol. The Labute approximate surface area is 97.2 Å². The third-order valence-electron chi connectivity index (χ3n) is 3.70. The van der Waals surface area contributed by atoms with Gasteiger partial charge in [0.2, 0.25) is 0 Å². The largest absolute Gasteiger partial charge is 0.476 e. The van der Waals surface area contributed by atoms with Gasteiger partial charge in [-0.25, -0.2) is 0 Å². The molecular formula is C12H22N2O2. The third-order valence-corrected chi connectivity index (χ3v) is 3.70. The van der Waals surface area contributed by atoms with E-state index in [-0.39, 0.29) is 12.0 Å². The SMILES string of the molecule is CC(C(=N)OC1CCNC1)C1CCOCC1. The second kappa shape index (κ2) is 5.64. The van der Waals surface area contributed by atoms with Gasteiger partial charge in [-0.3, -0.25) is 5.41 Å². The van der Waals surface area contributed by atoms with Gasteiger partial charge in [0.15, 0.2) is 5.90 Å². The number of ether oxygens (including phenoxy) is 2. The summed E-state index contributed by atoms with van der Waals surface area (Å²) in [5.41, 5.74) is 0. The predicted molar refractivity (Wildman–Crippen MR) is 62.8 cm³/mol. The molecule has 2 aliphatic rings. The molecule has 0 aromatic heterocycles. The summed E-state index contributed by atoms with van der Waals surface area (Å²) in [5.74, 6) is 1.28. The van der Waals surface area contributed by atoms with Gasteiger partial charge in [0.25, 0.3) is 0 Å². The summed E-state index contributed by atoms with van der Waals surface area (Å²) in [6.07, 6.45) is 3.38. The average Bonchev–Trinajstić information content (AvgIpc) is 2.82. The van der Waals surface area contributed by atoms with E-state index in [0.717, 1.165) is 45.6 Å². The molecule has 2 aliphatic heterocycles. The first-order valence-corrected chi connectivity index (χ1v) is 6.31. The Morgan fingerprint density at radius 3 is 2.75 bits per heavy atom. The minimum Gasteiger partial charge on any atom is -0.476 e. The molecule has 2 fully saturated rings. The van der Waals surface area contributed by atoms with E-state index in [1.807, 2.05) is 0 Å². The minimum atomic E-state index is 0.217. The first-order chi connectivity index (χ1) is 7.77. The highest BCUT2D eigenvalue weighted by atomic mass is 16.5. The third kappa shape index (κ3) is 2.95. The van der Waals surface area contributed by atoms with Gasteiger partial charge in [-0.2, -0.15) is 0 Å². The summed E-state index contributed by atoms with van der Waals surface area (Å²) >= 11 is 0. The van der Waals surface area contributed by atoms with Gasteiger partial charge in [-0.1, -0.05) is 6.92 Å². The summed E-state index contributed by atoms with van der Waals surface area (Å²) < 4.78 is 11.0. The molecule has 16 heavy (non-hydrogen) atoms. The molecule has 92 valence electrons. The molecule has 4 heteroatoms. The van der Waals surface area contributed by atoms with Crippen molar-refractivity contribution in [2.75, 3.05) is 26.3 Å². The summed E-state index contributed by atoms with van der Waals surface area (Å²) in [5, 5.41) is 11.3. The molecule has 4 nitrogen and oxygen atoms in total. The monoisotopic (exact) mass is 226 g/mol. The Morgan fingerprint density at radius 1 is 1.38 bits per heavy atom. The Balaban J connectivity index is 1.78. The number of hydrogen-bond acceptors (Lipinski definition) is 4. The van der Waals surface area contributed by atoms with Crippen LogP contribution in [0.25, 0.3) is 0 Å². The van der Waals surface area contributed by atoms with Gasteiger partial charge in [-0.15, -0.1) is 0 Å². The van der Waals surface area contributed by atoms with E-state index in [1.54, 1.807) is 0 Å². The summed E-state index contributed by atoms with van der Waals surface area (Å²) in [7, 11) is 0. The van der Waals surface area contributed by atoms with Crippen molar-refractivity contribution >= 4 is 5.90 Å². The quantitative estimate of drug-likeness (QED) is 0.565. The van der Waals surface area contributed by atoms with Gasteiger partial charge in [0, 0.05) is 25.7 Å². The van der Waals surface area contributed by atoms with Gasteiger partial charge < -0.3 is 14.8 Å². The van der Waals surface area contributed by atoms with Crippen LogP contribution in [0.5, 0.6) is 0 Å². The Morgan fingerprint density at radius 2 is 2.12 bits per heavy atom. The molecule has 2 N–H and O–H groups in total. The summed E-state index contributed by atoms with van der Waals surface area (Å²) in [6.45, 7) is 5.70. The highest BCUT2D eigenvalue weighted by Crippen LogP contribution is 2.25. The van der Waals surface area contributed by atoms with Crippen molar-refractivity contribution in [3.63, 3.8) is 0 Å². The van der Waals surface area contributed by atoms with E-state index in [4.69, 9.17) is 14.9 Å². The lowest BCUT2D eigenvalue weighted by Gasteiger charge is -2.28. The van der Waals surface area contributed by atoms with Crippen LogP contribution in [0.1, 0.15) is 26.2 Å². The molecule has 2 heterocycles. The van der Waals surface area contributed by atoms with Crippen molar-refractivity contribution < 1.29 is 9.47 Å². The van der Waals surface area contributed by atoms with Gasteiger partial charge >= 0.3 is 0 Å². The zero-order valence-corrected chi connectivity index (χ0v) is 10.00. The number of rotatable bonds is 3. The van der Waals surface area contributed by atoms with Crippen LogP contribution in [-0.2, 0) is 9.47 Å². The van der Waals surface area contributed by atoms with Crippen LogP contribution in [0.3, 0.4) is 0 Å². The van der Waals surface area contributed by atoms with Crippen LogP contribution in [-0.4, -0.2) is 38.3 Å². The van der Waals surface area contributed by atoms with Gasteiger partial charge in [0.05, 0.1) is 0 Å². The molecule has 0 aliphatic carbocycles.